The lowest BCUT2D eigenvalue weighted by atomic mass is 9.87. The van der Waals surface area contributed by atoms with Crippen LogP contribution in [0.2, 0.25) is 0 Å². The van der Waals surface area contributed by atoms with Gasteiger partial charge < -0.3 is 15.1 Å². The molecule has 3 rings (SSSR count). The molecule has 2 amide bonds. The summed E-state index contributed by atoms with van der Waals surface area (Å²) in [6.45, 7) is 18.2. The molecule has 1 fully saturated rings. The predicted molar refractivity (Wildman–Crippen MR) is 142 cm³/mol. The number of amides is 2. The molecule has 0 spiro atoms. The summed E-state index contributed by atoms with van der Waals surface area (Å²) in [6, 6.07) is 11.8. The number of aromatic nitrogens is 1. The molecule has 6 nitrogen and oxygen atoms in total. The molecule has 6 heteroatoms. The van der Waals surface area contributed by atoms with Crippen molar-refractivity contribution in [1.29, 1.82) is 0 Å². The van der Waals surface area contributed by atoms with Crippen LogP contribution in [-0.2, 0) is 15.0 Å². The lowest BCUT2D eigenvalue weighted by Gasteiger charge is -2.37. The van der Waals surface area contributed by atoms with E-state index in [1.54, 1.807) is 12.4 Å². The lowest BCUT2D eigenvalue weighted by molar-refractivity contribution is -0.125. The van der Waals surface area contributed by atoms with Crippen LogP contribution < -0.4 is 10.2 Å². The Labute approximate surface area is 210 Å². The molecule has 1 N–H and O–H groups in total. The number of benzene rings is 1. The number of nitrogens with zero attached hydrogens (tertiary/aromatic N) is 3. The maximum absolute atomic E-state index is 13.7. The van der Waals surface area contributed by atoms with Crippen molar-refractivity contribution >= 4 is 17.5 Å². The summed E-state index contributed by atoms with van der Waals surface area (Å²) in [5.41, 5.74) is 2.71. The number of rotatable bonds is 7. The molecule has 2 heterocycles. The summed E-state index contributed by atoms with van der Waals surface area (Å²) >= 11 is 0. The highest BCUT2D eigenvalue weighted by Crippen LogP contribution is 2.33. The fourth-order valence-corrected chi connectivity index (χ4v) is 4.55. The maximum Gasteiger partial charge on any atom is 0.247 e. The van der Waals surface area contributed by atoms with Gasteiger partial charge in [0, 0.05) is 48.8 Å². The normalized spacial score (nSPS) is 17.1. The first kappa shape index (κ1) is 26.5. The van der Waals surface area contributed by atoms with Crippen molar-refractivity contribution < 1.29 is 9.59 Å². The molecule has 0 aliphatic carbocycles. The van der Waals surface area contributed by atoms with Crippen LogP contribution in [0.25, 0.3) is 0 Å². The predicted octanol–water partition coefficient (Wildman–Crippen LogP) is 4.88. The average Bonchev–Trinajstić information content (AvgIpc) is 3.26. The van der Waals surface area contributed by atoms with E-state index < -0.39 is 6.04 Å². The van der Waals surface area contributed by atoms with Crippen LogP contribution in [0, 0.1) is 5.92 Å². The van der Waals surface area contributed by atoms with E-state index in [0.717, 1.165) is 17.7 Å². The number of pyridine rings is 1. The second-order valence-electron chi connectivity index (χ2n) is 11.5. The highest BCUT2D eigenvalue weighted by atomic mass is 16.2. The van der Waals surface area contributed by atoms with Gasteiger partial charge in [-0.2, -0.15) is 0 Å². The van der Waals surface area contributed by atoms with Crippen LogP contribution in [0.1, 0.15) is 65.1 Å². The van der Waals surface area contributed by atoms with Crippen LogP contribution in [-0.4, -0.2) is 46.9 Å². The molecule has 0 bridgehead atoms. The highest BCUT2D eigenvalue weighted by Gasteiger charge is 2.34. The van der Waals surface area contributed by atoms with Gasteiger partial charge in [0.15, 0.2) is 0 Å². The molecule has 1 aliphatic rings. The fraction of sp³-hybridized carbons (Fsp3) is 0.483. The van der Waals surface area contributed by atoms with Gasteiger partial charge in [0.1, 0.15) is 6.04 Å². The number of nitrogens with one attached hydrogen (secondary N) is 1. The van der Waals surface area contributed by atoms with Crippen molar-refractivity contribution in [2.45, 2.75) is 65.0 Å². The first-order valence-electron chi connectivity index (χ1n) is 12.4. The molecule has 1 saturated heterocycles. The van der Waals surface area contributed by atoms with Crippen molar-refractivity contribution in [3.63, 3.8) is 0 Å². The molecule has 2 aromatic rings. The van der Waals surface area contributed by atoms with Crippen LogP contribution in [0.5, 0.6) is 0 Å². The third-order valence-electron chi connectivity index (χ3n) is 6.35. The van der Waals surface area contributed by atoms with E-state index in [4.69, 9.17) is 0 Å². The standard InChI is InChI=1S/C29H40N4O2/c1-8-25(34)32-17-15-21(19-32)20-33(24-13-11-23(12-14-24)28(2,3)4)26(22-10-9-16-30-18-22)27(35)31-29(5,6)7/h8-14,16,18,21,26H,1,15,17,19-20H2,2-7H3,(H,31,35). The van der Waals surface area contributed by atoms with Gasteiger partial charge in [0.25, 0.3) is 0 Å². The van der Waals surface area contributed by atoms with Gasteiger partial charge in [-0.05, 0) is 68.4 Å². The van der Waals surface area contributed by atoms with Gasteiger partial charge in [-0.1, -0.05) is 45.5 Å². The van der Waals surface area contributed by atoms with E-state index in [2.05, 4.69) is 66.8 Å². The van der Waals surface area contributed by atoms with Gasteiger partial charge in [0.2, 0.25) is 11.8 Å². The van der Waals surface area contributed by atoms with E-state index in [1.165, 1.54) is 11.6 Å². The van der Waals surface area contributed by atoms with Gasteiger partial charge in [0.05, 0.1) is 0 Å². The number of likely N-dealkylation sites (tertiary alicyclic amines) is 1. The molecule has 1 aliphatic heterocycles. The first-order valence-corrected chi connectivity index (χ1v) is 12.4. The SMILES string of the molecule is C=CC(=O)N1CCC(CN(c2ccc(C(C)(C)C)cc2)C(C(=O)NC(C)(C)C)c2cccnc2)C1. The summed E-state index contributed by atoms with van der Waals surface area (Å²) in [7, 11) is 0. The summed E-state index contributed by atoms with van der Waals surface area (Å²) in [4.78, 5) is 34.3. The number of carbonyl (C=O) groups excluding carboxylic acids is 2. The molecule has 0 radical (unpaired) electrons. The monoisotopic (exact) mass is 476 g/mol. The lowest BCUT2D eigenvalue weighted by Crippen LogP contribution is -2.49. The van der Waals surface area contributed by atoms with Crippen molar-refractivity contribution in [3.05, 3.63) is 72.6 Å². The second kappa shape index (κ2) is 10.6. The van der Waals surface area contributed by atoms with Crippen LogP contribution in [0.15, 0.2) is 61.4 Å². The summed E-state index contributed by atoms with van der Waals surface area (Å²) in [6.07, 6.45) is 5.75. The number of hydrogen-bond acceptors (Lipinski definition) is 4. The van der Waals surface area contributed by atoms with Gasteiger partial charge in [-0.15, -0.1) is 0 Å². The van der Waals surface area contributed by atoms with E-state index in [-0.39, 0.29) is 28.7 Å². The third kappa shape index (κ3) is 6.93. The molecule has 1 aromatic heterocycles. The minimum Gasteiger partial charge on any atom is -0.356 e. The Morgan fingerprint density at radius 3 is 2.40 bits per heavy atom. The maximum atomic E-state index is 13.7. The summed E-state index contributed by atoms with van der Waals surface area (Å²) < 4.78 is 0. The van der Waals surface area contributed by atoms with E-state index in [0.29, 0.717) is 19.6 Å². The Hall–Kier alpha value is -3.15. The first-order chi connectivity index (χ1) is 16.4. The average molecular weight is 477 g/mol. The molecular formula is C29H40N4O2. The Morgan fingerprint density at radius 1 is 1.17 bits per heavy atom. The van der Waals surface area contributed by atoms with Gasteiger partial charge in [-0.3, -0.25) is 14.6 Å². The van der Waals surface area contributed by atoms with E-state index >= 15 is 0 Å². The Bertz CT molecular complexity index is 1020. The zero-order valence-corrected chi connectivity index (χ0v) is 22.0. The minimum absolute atomic E-state index is 0.0344. The van der Waals surface area contributed by atoms with Crippen molar-refractivity contribution in [2.75, 3.05) is 24.5 Å². The number of hydrogen-bond donors (Lipinski definition) is 1. The Morgan fingerprint density at radius 2 is 1.86 bits per heavy atom. The van der Waals surface area contributed by atoms with Gasteiger partial charge in [-0.25, -0.2) is 0 Å². The molecule has 188 valence electrons. The molecule has 2 unspecified atom stereocenters. The largest absolute Gasteiger partial charge is 0.356 e. The van der Waals surface area contributed by atoms with Crippen LogP contribution >= 0.6 is 0 Å². The minimum atomic E-state index is -0.549. The van der Waals surface area contributed by atoms with Crippen molar-refractivity contribution in [2.24, 2.45) is 5.92 Å². The molecular weight excluding hydrogens is 436 g/mol. The van der Waals surface area contributed by atoms with Gasteiger partial charge >= 0.3 is 0 Å². The Balaban J connectivity index is 2.02. The summed E-state index contributed by atoms with van der Waals surface area (Å²) in [5, 5.41) is 3.18. The molecule has 2 atom stereocenters. The van der Waals surface area contributed by atoms with Crippen LogP contribution in [0.3, 0.4) is 0 Å². The van der Waals surface area contributed by atoms with Crippen molar-refractivity contribution in [1.82, 2.24) is 15.2 Å². The Kier molecular flexibility index (Phi) is 8.04. The van der Waals surface area contributed by atoms with E-state index in [9.17, 15) is 9.59 Å². The number of carbonyl (C=O) groups is 2. The second-order valence-corrected chi connectivity index (χ2v) is 11.5. The zero-order valence-electron chi connectivity index (χ0n) is 22.0. The molecule has 35 heavy (non-hydrogen) atoms. The van der Waals surface area contributed by atoms with Crippen molar-refractivity contribution in [3.8, 4) is 0 Å². The summed E-state index contributed by atoms with van der Waals surface area (Å²) in [5.74, 6) is 0.132. The zero-order chi connectivity index (χ0) is 25.8. The molecule has 1 aromatic carbocycles. The topological polar surface area (TPSA) is 65.5 Å². The number of anilines is 1. The fourth-order valence-electron chi connectivity index (χ4n) is 4.55. The van der Waals surface area contributed by atoms with Crippen LogP contribution in [0.4, 0.5) is 5.69 Å². The highest BCUT2D eigenvalue weighted by molar-refractivity contribution is 5.88. The third-order valence-corrected chi connectivity index (χ3v) is 6.35. The smallest absolute Gasteiger partial charge is 0.247 e. The molecule has 0 saturated carbocycles. The van der Waals surface area contributed by atoms with E-state index in [1.807, 2.05) is 37.8 Å². The quantitative estimate of drug-likeness (QED) is 0.579.